The number of benzene rings is 3. The minimum atomic E-state index is -4.04. The molecule has 0 radical (unpaired) electrons. The lowest BCUT2D eigenvalue weighted by molar-refractivity contribution is 0.0927. The van der Waals surface area contributed by atoms with E-state index in [4.69, 9.17) is 0 Å². The molecule has 0 unspecified atom stereocenters. The lowest BCUT2D eigenvalue weighted by Gasteiger charge is -2.21. The number of rotatable bonds is 8. The Labute approximate surface area is 177 Å². The first-order chi connectivity index (χ1) is 14.3. The van der Waals surface area contributed by atoms with E-state index >= 15 is 0 Å². The molecule has 0 aromatic heterocycles. The van der Waals surface area contributed by atoms with Crippen molar-refractivity contribution >= 4 is 21.6 Å². The van der Waals surface area contributed by atoms with E-state index in [1.54, 1.807) is 66.7 Å². The molecule has 0 aliphatic rings. The molecule has 3 aromatic carbocycles. The third kappa shape index (κ3) is 5.09. The summed E-state index contributed by atoms with van der Waals surface area (Å²) in [5.74, 6) is -0.741. The van der Waals surface area contributed by atoms with Gasteiger partial charge in [-0.1, -0.05) is 77.9 Å². The maximum atomic E-state index is 13.3. The molecular weight excluding hydrogens is 398 g/mol. The molecule has 0 aliphatic carbocycles. The first-order valence-electron chi connectivity index (χ1n) is 9.52. The first-order valence-corrected chi connectivity index (χ1v) is 11.0. The van der Waals surface area contributed by atoms with Gasteiger partial charge in [-0.3, -0.25) is 9.59 Å². The SMILES string of the molecule is Cc1ccc(C(=O)CN(CC(=O)c2ccccc2)S(=O)(=O)c2ccc(C)cc2)cc1. The van der Waals surface area contributed by atoms with Gasteiger partial charge in [-0.25, -0.2) is 8.42 Å². The molecule has 0 saturated heterocycles. The van der Waals surface area contributed by atoms with Crippen LogP contribution in [-0.4, -0.2) is 37.4 Å². The van der Waals surface area contributed by atoms with Crippen molar-refractivity contribution in [3.63, 3.8) is 0 Å². The molecule has 0 N–H and O–H groups in total. The average Bonchev–Trinajstić information content (AvgIpc) is 2.74. The van der Waals surface area contributed by atoms with Gasteiger partial charge in [0.05, 0.1) is 18.0 Å². The van der Waals surface area contributed by atoms with Gasteiger partial charge in [0.25, 0.3) is 0 Å². The number of nitrogens with zero attached hydrogens (tertiary/aromatic N) is 1. The molecule has 6 heteroatoms. The van der Waals surface area contributed by atoms with E-state index in [0.717, 1.165) is 15.4 Å². The largest absolute Gasteiger partial charge is 0.293 e. The van der Waals surface area contributed by atoms with Crippen molar-refractivity contribution in [2.75, 3.05) is 13.1 Å². The molecule has 0 amide bonds. The monoisotopic (exact) mass is 421 g/mol. The van der Waals surface area contributed by atoms with Crippen LogP contribution in [0.2, 0.25) is 0 Å². The molecule has 154 valence electrons. The van der Waals surface area contributed by atoms with Crippen LogP contribution in [0.5, 0.6) is 0 Å². The van der Waals surface area contributed by atoms with Gasteiger partial charge < -0.3 is 0 Å². The third-order valence-electron chi connectivity index (χ3n) is 4.77. The molecule has 0 bridgehead atoms. The van der Waals surface area contributed by atoms with Crippen molar-refractivity contribution in [1.29, 1.82) is 0 Å². The zero-order valence-electron chi connectivity index (χ0n) is 16.9. The number of Topliss-reactive ketones (excluding diaryl/α,β-unsaturated/α-hetero) is 2. The Bertz CT molecular complexity index is 1140. The van der Waals surface area contributed by atoms with Crippen molar-refractivity contribution in [2.24, 2.45) is 0 Å². The molecule has 3 aromatic rings. The van der Waals surface area contributed by atoms with Crippen molar-refractivity contribution in [1.82, 2.24) is 4.31 Å². The number of hydrogen-bond donors (Lipinski definition) is 0. The summed E-state index contributed by atoms with van der Waals surface area (Å²) in [5, 5.41) is 0. The number of sulfonamides is 1. The van der Waals surface area contributed by atoms with Crippen molar-refractivity contribution in [2.45, 2.75) is 18.7 Å². The standard InChI is InChI=1S/C24H23NO4S/c1-18-8-12-21(13-9-18)24(27)17-25(16-23(26)20-6-4-3-5-7-20)30(28,29)22-14-10-19(2)11-15-22/h3-15H,16-17H2,1-2H3. The lowest BCUT2D eigenvalue weighted by Crippen LogP contribution is -2.39. The minimum absolute atomic E-state index is 0.0469. The molecule has 0 aliphatic heterocycles. The molecule has 3 rings (SSSR count). The predicted molar refractivity (Wildman–Crippen MR) is 116 cm³/mol. The molecule has 5 nitrogen and oxygen atoms in total. The van der Waals surface area contributed by atoms with Crippen LogP contribution in [0.1, 0.15) is 31.8 Å². The molecule has 0 saturated carbocycles. The van der Waals surface area contributed by atoms with Gasteiger partial charge in [-0.15, -0.1) is 0 Å². The summed E-state index contributed by atoms with van der Waals surface area (Å²) in [6.07, 6.45) is 0. The normalized spacial score (nSPS) is 11.4. The highest BCUT2D eigenvalue weighted by Crippen LogP contribution is 2.18. The lowest BCUT2D eigenvalue weighted by atomic mass is 10.1. The van der Waals surface area contributed by atoms with Gasteiger partial charge in [-0.05, 0) is 26.0 Å². The maximum absolute atomic E-state index is 13.3. The molecule has 0 heterocycles. The highest BCUT2D eigenvalue weighted by molar-refractivity contribution is 7.89. The fourth-order valence-corrected chi connectivity index (χ4v) is 4.30. The fraction of sp³-hybridized carbons (Fsp3) is 0.167. The van der Waals surface area contributed by atoms with E-state index in [9.17, 15) is 18.0 Å². The predicted octanol–water partition coefficient (Wildman–Crippen LogP) is 4.06. The van der Waals surface area contributed by atoms with Crippen LogP contribution in [0, 0.1) is 13.8 Å². The van der Waals surface area contributed by atoms with Gasteiger partial charge in [0.2, 0.25) is 10.0 Å². The Morgan fingerprint density at radius 3 is 1.60 bits per heavy atom. The Morgan fingerprint density at radius 2 is 1.10 bits per heavy atom. The van der Waals surface area contributed by atoms with Gasteiger partial charge in [0, 0.05) is 11.1 Å². The number of carbonyl (C=O) groups is 2. The third-order valence-corrected chi connectivity index (χ3v) is 6.57. The fourth-order valence-electron chi connectivity index (χ4n) is 2.95. The summed E-state index contributed by atoms with van der Waals surface area (Å²) in [6, 6.07) is 21.7. The molecule has 0 fully saturated rings. The zero-order valence-corrected chi connectivity index (χ0v) is 17.7. The van der Waals surface area contributed by atoms with Crippen LogP contribution in [0.4, 0.5) is 0 Å². The number of carbonyl (C=O) groups excluding carboxylic acids is 2. The van der Waals surface area contributed by atoms with Crippen LogP contribution in [0.25, 0.3) is 0 Å². The van der Waals surface area contributed by atoms with Crippen LogP contribution >= 0.6 is 0 Å². The number of hydrogen-bond acceptors (Lipinski definition) is 4. The zero-order chi connectivity index (χ0) is 21.7. The van der Waals surface area contributed by atoms with E-state index < -0.39 is 23.1 Å². The summed E-state index contributed by atoms with van der Waals surface area (Å²) in [4.78, 5) is 25.6. The van der Waals surface area contributed by atoms with E-state index in [2.05, 4.69) is 0 Å². The summed E-state index contributed by atoms with van der Waals surface area (Å²) >= 11 is 0. The number of aryl methyl sites for hydroxylation is 2. The Morgan fingerprint density at radius 1 is 0.667 bits per heavy atom. The van der Waals surface area contributed by atoms with Crippen molar-refractivity contribution in [3.8, 4) is 0 Å². The van der Waals surface area contributed by atoms with Crippen molar-refractivity contribution in [3.05, 3.63) is 101 Å². The van der Waals surface area contributed by atoms with Crippen LogP contribution in [-0.2, 0) is 10.0 Å². The molecule has 0 atom stereocenters. The second kappa shape index (κ2) is 9.15. The summed E-state index contributed by atoms with van der Waals surface area (Å²) in [5.41, 5.74) is 2.70. The Hall–Kier alpha value is -3.09. The van der Waals surface area contributed by atoms with E-state index in [1.807, 2.05) is 13.8 Å². The van der Waals surface area contributed by atoms with Gasteiger partial charge >= 0.3 is 0 Å². The molecule has 30 heavy (non-hydrogen) atoms. The maximum Gasteiger partial charge on any atom is 0.243 e. The second-order valence-corrected chi connectivity index (χ2v) is 9.10. The molecular formula is C24H23NO4S. The Kier molecular flexibility index (Phi) is 6.59. The number of ketones is 2. The van der Waals surface area contributed by atoms with Gasteiger partial charge in [-0.2, -0.15) is 4.31 Å². The van der Waals surface area contributed by atoms with Crippen LogP contribution < -0.4 is 0 Å². The van der Waals surface area contributed by atoms with E-state index in [1.165, 1.54) is 12.1 Å². The Balaban J connectivity index is 1.93. The second-order valence-electron chi connectivity index (χ2n) is 7.16. The van der Waals surface area contributed by atoms with Crippen LogP contribution in [0.3, 0.4) is 0 Å². The highest BCUT2D eigenvalue weighted by Gasteiger charge is 2.29. The summed E-state index contributed by atoms with van der Waals surface area (Å²) in [7, 11) is -4.04. The highest BCUT2D eigenvalue weighted by atomic mass is 32.2. The smallest absolute Gasteiger partial charge is 0.243 e. The average molecular weight is 422 g/mol. The van der Waals surface area contributed by atoms with Crippen LogP contribution in [0.15, 0.2) is 83.8 Å². The quantitative estimate of drug-likeness (QED) is 0.514. The van der Waals surface area contributed by atoms with Gasteiger partial charge in [0.15, 0.2) is 11.6 Å². The topological polar surface area (TPSA) is 71.5 Å². The minimum Gasteiger partial charge on any atom is -0.293 e. The molecule has 0 spiro atoms. The van der Waals surface area contributed by atoms with E-state index in [-0.39, 0.29) is 16.5 Å². The van der Waals surface area contributed by atoms with Crippen molar-refractivity contribution < 1.29 is 18.0 Å². The van der Waals surface area contributed by atoms with Gasteiger partial charge in [0.1, 0.15) is 0 Å². The van der Waals surface area contributed by atoms with E-state index in [0.29, 0.717) is 11.1 Å². The summed E-state index contributed by atoms with van der Waals surface area (Å²) < 4.78 is 27.5. The first kappa shape index (κ1) is 21.6. The summed E-state index contributed by atoms with van der Waals surface area (Å²) in [6.45, 7) is 2.92.